The molecular formula is C19H15N3O3S. The maximum atomic E-state index is 12.5. The molecule has 4 rings (SSSR count). The summed E-state index contributed by atoms with van der Waals surface area (Å²) in [5.74, 6) is 0.168. The highest BCUT2D eigenvalue weighted by atomic mass is 32.2. The fourth-order valence-corrected chi connectivity index (χ4v) is 3.90. The van der Waals surface area contributed by atoms with Crippen LogP contribution in [0.1, 0.15) is 32.0 Å². The Hall–Kier alpha value is -3.06. The van der Waals surface area contributed by atoms with Crippen LogP contribution in [0, 0.1) is 6.92 Å². The van der Waals surface area contributed by atoms with Gasteiger partial charge in [0.15, 0.2) is 6.39 Å². The first-order chi connectivity index (χ1) is 12.6. The highest BCUT2D eigenvalue weighted by Gasteiger charge is 2.23. The van der Waals surface area contributed by atoms with E-state index < -0.39 is 0 Å². The molecule has 130 valence electrons. The lowest BCUT2D eigenvalue weighted by Gasteiger charge is -2.14. The van der Waals surface area contributed by atoms with Crippen molar-refractivity contribution in [3.8, 4) is 0 Å². The van der Waals surface area contributed by atoms with Gasteiger partial charge in [0.05, 0.1) is 24.0 Å². The predicted molar refractivity (Wildman–Crippen MR) is 97.4 cm³/mol. The Morgan fingerprint density at radius 3 is 2.88 bits per heavy atom. The Morgan fingerprint density at radius 2 is 2.08 bits per heavy atom. The first kappa shape index (κ1) is 16.4. The van der Waals surface area contributed by atoms with Gasteiger partial charge in [-0.2, -0.15) is 0 Å². The zero-order valence-corrected chi connectivity index (χ0v) is 14.7. The van der Waals surface area contributed by atoms with Gasteiger partial charge in [0.25, 0.3) is 11.8 Å². The number of hydrogen-bond acceptors (Lipinski definition) is 5. The Morgan fingerprint density at radius 1 is 1.23 bits per heavy atom. The van der Waals surface area contributed by atoms with Gasteiger partial charge < -0.3 is 15.1 Å². The van der Waals surface area contributed by atoms with E-state index in [0.717, 1.165) is 15.4 Å². The van der Waals surface area contributed by atoms with Crippen LogP contribution < -0.4 is 10.6 Å². The SMILES string of the molecule is Cc1c(C(=O)NCc2cnco2)ccc2c1NC(=O)c1ccccc1S2. The Bertz CT molecular complexity index is 999. The van der Waals surface area contributed by atoms with Crippen molar-refractivity contribution in [1.29, 1.82) is 0 Å². The second-order valence-electron chi connectivity index (χ2n) is 5.81. The van der Waals surface area contributed by atoms with Crippen LogP contribution in [0.4, 0.5) is 5.69 Å². The third-order valence-electron chi connectivity index (χ3n) is 4.17. The summed E-state index contributed by atoms with van der Waals surface area (Å²) in [6.07, 6.45) is 2.87. The quantitative estimate of drug-likeness (QED) is 0.740. The van der Waals surface area contributed by atoms with Gasteiger partial charge in [0, 0.05) is 15.4 Å². The molecule has 2 N–H and O–H groups in total. The van der Waals surface area contributed by atoms with Gasteiger partial charge in [-0.15, -0.1) is 0 Å². The van der Waals surface area contributed by atoms with Crippen molar-refractivity contribution in [2.75, 3.05) is 5.32 Å². The topological polar surface area (TPSA) is 84.2 Å². The molecule has 1 aliphatic heterocycles. The lowest BCUT2D eigenvalue weighted by Crippen LogP contribution is -2.24. The molecule has 0 radical (unpaired) electrons. The molecular weight excluding hydrogens is 350 g/mol. The second kappa shape index (κ2) is 6.68. The molecule has 1 aromatic heterocycles. The summed E-state index contributed by atoms with van der Waals surface area (Å²) in [5, 5.41) is 5.74. The molecule has 0 fully saturated rings. The average molecular weight is 365 g/mol. The molecule has 1 aliphatic rings. The largest absolute Gasteiger partial charge is 0.447 e. The van der Waals surface area contributed by atoms with E-state index in [1.54, 1.807) is 18.3 Å². The van der Waals surface area contributed by atoms with Gasteiger partial charge in [-0.3, -0.25) is 9.59 Å². The molecule has 0 spiro atoms. The number of nitrogens with zero attached hydrogens (tertiary/aromatic N) is 1. The molecule has 6 nitrogen and oxygen atoms in total. The summed E-state index contributed by atoms with van der Waals surface area (Å²) in [6, 6.07) is 11.1. The number of nitrogens with one attached hydrogen (secondary N) is 2. The molecule has 0 saturated heterocycles. The van der Waals surface area contributed by atoms with Crippen LogP contribution in [0.25, 0.3) is 0 Å². The fraction of sp³-hybridized carbons (Fsp3) is 0.105. The van der Waals surface area contributed by atoms with Gasteiger partial charge in [0.2, 0.25) is 0 Å². The number of amides is 2. The van der Waals surface area contributed by atoms with Gasteiger partial charge >= 0.3 is 0 Å². The molecule has 2 amide bonds. The van der Waals surface area contributed by atoms with Gasteiger partial charge in [-0.1, -0.05) is 23.9 Å². The van der Waals surface area contributed by atoms with Crippen LogP contribution in [-0.2, 0) is 6.54 Å². The van der Waals surface area contributed by atoms with Crippen LogP contribution in [0.2, 0.25) is 0 Å². The monoisotopic (exact) mass is 365 g/mol. The number of aromatic nitrogens is 1. The van der Waals surface area contributed by atoms with Crippen LogP contribution >= 0.6 is 11.8 Å². The van der Waals surface area contributed by atoms with E-state index in [4.69, 9.17) is 4.42 Å². The van der Waals surface area contributed by atoms with E-state index in [1.807, 2.05) is 31.2 Å². The van der Waals surface area contributed by atoms with Crippen LogP contribution in [0.3, 0.4) is 0 Å². The number of anilines is 1. The molecule has 0 aliphatic carbocycles. The van der Waals surface area contributed by atoms with Gasteiger partial charge in [-0.05, 0) is 36.8 Å². The smallest absolute Gasteiger partial charge is 0.256 e. The van der Waals surface area contributed by atoms with Crippen LogP contribution in [-0.4, -0.2) is 16.8 Å². The number of benzene rings is 2. The summed E-state index contributed by atoms with van der Waals surface area (Å²) in [4.78, 5) is 30.7. The minimum atomic E-state index is -0.234. The Kier molecular flexibility index (Phi) is 4.22. The van der Waals surface area contributed by atoms with Crippen molar-refractivity contribution in [1.82, 2.24) is 10.3 Å². The number of oxazole rings is 1. The molecule has 7 heteroatoms. The van der Waals surface area contributed by atoms with Crippen molar-refractivity contribution in [2.45, 2.75) is 23.3 Å². The molecule has 3 aromatic rings. The molecule has 26 heavy (non-hydrogen) atoms. The van der Waals surface area contributed by atoms with E-state index in [9.17, 15) is 9.59 Å². The third kappa shape index (κ3) is 2.97. The van der Waals surface area contributed by atoms with Gasteiger partial charge in [0.1, 0.15) is 5.76 Å². The van der Waals surface area contributed by atoms with Crippen molar-refractivity contribution in [3.63, 3.8) is 0 Å². The summed E-state index contributed by atoms with van der Waals surface area (Å²) < 4.78 is 5.12. The zero-order chi connectivity index (χ0) is 18.1. The van der Waals surface area contributed by atoms with E-state index >= 15 is 0 Å². The zero-order valence-electron chi connectivity index (χ0n) is 13.9. The Labute approximate surface area is 154 Å². The molecule has 0 bridgehead atoms. The summed E-state index contributed by atoms with van der Waals surface area (Å²) >= 11 is 1.51. The highest BCUT2D eigenvalue weighted by Crippen LogP contribution is 2.41. The Balaban J connectivity index is 1.64. The van der Waals surface area contributed by atoms with Crippen molar-refractivity contribution >= 4 is 29.3 Å². The molecule has 0 saturated carbocycles. The number of fused-ring (bicyclic) bond motifs is 2. The van der Waals surface area contributed by atoms with Crippen molar-refractivity contribution < 1.29 is 14.0 Å². The fourth-order valence-electron chi connectivity index (χ4n) is 2.81. The van der Waals surface area contributed by atoms with E-state index in [0.29, 0.717) is 22.6 Å². The van der Waals surface area contributed by atoms with E-state index in [2.05, 4.69) is 15.6 Å². The van der Waals surface area contributed by atoms with Crippen molar-refractivity contribution in [2.24, 2.45) is 0 Å². The number of hydrogen-bond donors (Lipinski definition) is 2. The first-order valence-corrected chi connectivity index (χ1v) is 8.82. The minimum absolute atomic E-state index is 0.172. The second-order valence-corrected chi connectivity index (χ2v) is 6.90. The lowest BCUT2D eigenvalue weighted by atomic mass is 10.1. The van der Waals surface area contributed by atoms with Crippen LogP contribution in [0.15, 0.2) is 63.2 Å². The summed E-state index contributed by atoms with van der Waals surface area (Å²) in [5.41, 5.74) is 2.54. The maximum Gasteiger partial charge on any atom is 0.256 e. The standard InChI is InChI=1S/C19H15N3O3S/c1-11-13(18(23)21-9-12-8-20-10-25-12)6-7-16-17(11)22-19(24)14-4-2-3-5-15(14)26-16/h2-8,10H,9H2,1H3,(H,21,23)(H,22,24). The number of carbonyl (C=O) groups is 2. The lowest BCUT2D eigenvalue weighted by molar-refractivity contribution is 0.0946. The summed E-state index contributed by atoms with van der Waals surface area (Å²) in [6.45, 7) is 2.08. The third-order valence-corrected chi connectivity index (χ3v) is 5.30. The first-order valence-electron chi connectivity index (χ1n) is 8.01. The maximum absolute atomic E-state index is 12.5. The molecule has 0 atom stereocenters. The number of rotatable bonds is 3. The minimum Gasteiger partial charge on any atom is -0.447 e. The van der Waals surface area contributed by atoms with E-state index in [1.165, 1.54) is 18.2 Å². The number of carbonyl (C=O) groups excluding carboxylic acids is 2. The van der Waals surface area contributed by atoms with Crippen LogP contribution in [0.5, 0.6) is 0 Å². The van der Waals surface area contributed by atoms with Gasteiger partial charge in [-0.25, -0.2) is 4.98 Å². The average Bonchev–Trinajstić information content (AvgIpc) is 3.11. The molecule has 2 heterocycles. The predicted octanol–water partition coefficient (Wildman–Crippen LogP) is 3.63. The molecule has 2 aromatic carbocycles. The normalized spacial score (nSPS) is 12.6. The summed E-state index contributed by atoms with van der Waals surface area (Å²) in [7, 11) is 0. The highest BCUT2D eigenvalue weighted by molar-refractivity contribution is 7.99. The van der Waals surface area contributed by atoms with E-state index in [-0.39, 0.29) is 18.4 Å². The molecule has 0 unspecified atom stereocenters. The van der Waals surface area contributed by atoms with Crippen molar-refractivity contribution in [3.05, 3.63) is 71.4 Å².